The van der Waals surface area contributed by atoms with E-state index in [1.165, 1.54) is 0 Å². The summed E-state index contributed by atoms with van der Waals surface area (Å²) in [6.07, 6.45) is 1.88. The molecule has 1 aromatic rings. The molecule has 3 heteroatoms. The van der Waals surface area contributed by atoms with Gasteiger partial charge in [0.25, 0.3) is 0 Å². The van der Waals surface area contributed by atoms with Crippen molar-refractivity contribution in [1.29, 1.82) is 0 Å². The summed E-state index contributed by atoms with van der Waals surface area (Å²) < 4.78 is 5.48. The van der Waals surface area contributed by atoms with Crippen molar-refractivity contribution in [3.05, 3.63) is 41.9 Å². The predicted octanol–water partition coefficient (Wildman–Crippen LogP) is 1.47. The number of nitrogens with two attached hydrogens (primary N) is 1. The Bertz CT molecular complexity index is 271. The number of hydrogen-bond acceptors (Lipinski definition) is 1. The van der Waals surface area contributed by atoms with Gasteiger partial charge in [-0.1, -0.05) is 18.2 Å². The third-order valence-electron chi connectivity index (χ3n) is 1.74. The SMILES string of the molecule is C=CC[NH2+]CCOc1ccc(Cl)cc1. The standard InChI is InChI=1S/C11H14ClNO/c1-2-7-13-8-9-14-11-5-3-10(12)4-6-11/h2-6,13H,1,7-9H2/p+1. The minimum atomic E-state index is 0.704. The summed E-state index contributed by atoms with van der Waals surface area (Å²) in [5, 5.41) is 2.87. The van der Waals surface area contributed by atoms with E-state index < -0.39 is 0 Å². The average Bonchev–Trinajstić information content (AvgIpc) is 2.21. The van der Waals surface area contributed by atoms with E-state index in [0.717, 1.165) is 23.9 Å². The molecular formula is C11H15ClNO+. The Morgan fingerprint density at radius 2 is 2.07 bits per heavy atom. The molecule has 0 aliphatic carbocycles. The molecule has 0 aromatic heterocycles. The molecule has 0 atom stereocenters. The van der Waals surface area contributed by atoms with Crippen LogP contribution in [0.3, 0.4) is 0 Å². The fourth-order valence-electron chi connectivity index (χ4n) is 1.03. The third-order valence-corrected chi connectivity index (χ3v) is 1.99. The van der Waals surface area contributed by atoms with Gasteiger partial charge in [-0.15, -0.1) is 0 Å². The Balaban J connectivity index is 2.18. The number of hydrogen-bond donors (Lipinski definition) is 1. The van der Waals surface area contributed by atoms with E-state index in [1.807, 2.05) is 30.3 Å². The van der Waals surface area contributed by atoms with E-state index in [2.05, 4.69) is 11.9 Å². The first-order valence-electron chi connectivity index (χ1n) is 4.64. The van der Waals surface area contributed by atoms with Crippen molar-refractivity contribution in [3.8, 4) is 5.75 Å². The second kappa shape index (κ2) is 6.46. The van der Waals surface area contributed by atoms with Crippen molar-refractivity contribution in [2.75, 3.05) is 19.7 Å². The van der Waals surface area contributed by atoms with Crippen molar-refractivity contribution in [2.45, 2.75) is 0 Å². The van der Waals surface area contributed by atoms with Gasteiger partial charge in [-0.25, -0.2) is 0 Å². The Labute approximate surface area is 89.5 Å². The Morgan fingerprint density at radius 3 is 2.71 bits per heavy atom. The van der Waals surface area contributed by atoms with Crippen molar-refractivity contribution in [2.24, 2.45) is 0 Å². The molecule has 1 rings (SSSR count). The van der Waals surface area contributed by atoms with Crippen LogP contribution in [-0.4, -0.2) is 19.7 Å². The predicted molar refractivity (Wildman–Crippen MR) is 58.8 cm³/mol. The zero-order valence-electron chi connectivity index (χ0n) is 8.08. The maximum Gasteiger partial charge on any atom is 0.137 e. The fourth-order valence-corrected chi connectivity index (χ4v) is 1.15. The summed E-state index contributed by atoms with van der Waals surface area (Å²) in [6.45, 7) is 6.22. The second-order valence-corrected chi connectivity index (χ2v) is 3.34. The Morgan fingerprint density at radius 1 is 1.36 bits per heavy atom. The summed E-state index contributed by atoms with van der Waals surface area (Å²) in [7, 11) is 0. The van der Waals surface area contributed by atoms with Gasteiger partial charge in [0.2, 0.25) is 0 Å². The summed E-state index contributed by atoms with van der Waals surface area (Å²) >= 11 is 5.74. The molecule has 0 aliphatic rings. The van der Waals surface area contributed by atoms with Crippen LogP contribution in [0, 0.1) is 0 Å². The highest BCUT2D eigenvalue weighted by molar-refractivity contribution is 6.30. The lowest BCUT2D eigenvalue weighted by Crippen LogP contribution is -2.85. The lowest BCUT2D eigenvalue weighted by molar-refractivity contribution is -0.646. The van der Waals surface area contributed by atoms with Crippen LogP contribution in [-0.2, 0) is 0 Å². The van der Waals surface area contributed by atoms with Crippen LogP contribution in [0.15, 0.2) is 36.9 Å². The van der Waals surface area contributed by atoms with E-state index in [9.17, 15) is 0 Å². The lowest BCUT2D eigenvalue weighted by atomic mass is 10.3. The van der Waals surface area contributed by atoms with Crippen LogP contribution in [0.5, 0.6) is 5.75 Å². The van der Waals surface area contributed by atoms with E-state index in [4.69, 9.17) is 16.3 Å². The molecule has 0 spiro atoms. The molecule has 2 N–H and O–H groups in total. The topological polar surface area (TPSA) is 25.8 Å². The normalized spacial score (nSPS) is 9.79. The van der Waals surface area contributed by atoms with Gasteiger partial charge < -0.3 is 10.1 Å². The van der Waals surface area contributed by atoms with E-state index in [1.54, 1.807) is 0 Å². The molecule has 1 aromatic carbocycles. The van der Waals surface area contributed by atoms with Crippen LogP contribution >= 0.6 is 11.6 Å². The molecular weight excluding hydrogens is 198 g/mol. The van der Waals surface area contributed by atoms with Gasteiger partial charge in [0.1, 0.15) is 18.9 Å². The van der Waals surface area contributed by atoms with Gasteiger partial charge in [-0.2, -0.15) is 0 Å². The van der Waals surface area contributed by atoms with E-state index in [0.29, 0.717) is 6.61 Å². The quantitative estimate of drug-likeness (QED) is 0.561. The number of rotatable bonds is 6. The van der Waals surface area contributed by atoms with Crippen LogP contribution in [0.2, 0.25) is 5.02 Å². The largest absolute Gasteiger partial charge is 0.488 e. The number of benzene rings is 1. The van der Waals surface area contributed by atoms with Gasteiger partial charge >= 0.3 is 0 Å². The van der Waals surface area contributed by atoms with E-state index >= 15 is 0 Å². The molecule has 0 bridgehead atoms. The van der Waals surface area contributed by atoms with Crippen LogP contribution < -0.4 is 10.1 Å². The molecule has 0 fully saturated rings. The van der Waals surface area contributed by atoms with Gasteiger partial charge in [0, 0.05) is 5.02 Å². The van der Waals surface area contributed by atoms with Gasteiger partial charge in [0.05, 0.1) is 6.54 Å². The molecule has 0 heterocycles. The lowest BCUT2D eigenvalue weighted by Gasteiger charge is -2.04. The second-order valence-electron chi connectivity index (χ2n) is 2.90. The summed E-state index contributed by atoms with van der Waals surface area (Å²) in [5.74, 6) is 0.862. The molecule has 76 valence electrons. The van der Waals surface area contributed by atoms with E-state index in [-0.39, 0.29) is 0 Å². The first-order valence-corrected chi connectivity index (χ1v) is 5.01. The zero-order chi connectivity index (χ0) is 10.2. The maximum atomic E-state index is 5.74. The van der Waals surface area contributed by atoms with Crippen LogP contribution in [0.4, 0.5) is 0 Å². The maximum absolute atomic E-state index is 5.74. The van der Waals surface area contributed by atoms with Crippen LogP contribution in [0.25, 0.3) is 0 Å². The van der Waals surface area contributed by atoms with Gasteiger partial charge in [-0.05, 0) is 30.3 Å². The molecule has 2 nitrogen and oxygen atoms in total. The zero-order valence-corrected chi connectivity index (χ0v) is 8.83. The summed E-state index contributed by atoms with van der Waals surface area (Å²) in [4.78, 5) is 0. The summed E-state index contributed by atoms with van der Waals surface area (Å²) in [5.41, 5.74) is 0. The van der Waals surface area contributed by atoms with Crippen molar-refractivity contribution < 1.29 is 10.1 Å². The van der Waals surface area contributed by atoms with Crippen molar-refractivity contribution >= 4 is 11.6 Å². The minimum absolute atomic E-state index is 0.704. The molecule has 0 radical (unpaired) electrons. The molecule has 14 heavy (non-hydrogen) atoms. The molecule has 0 amide bonds. The Kier molecular flexibility index (Phi) is 5.12. The van der Waals surface area contributed by atoms with Gasteiger partial charge in [0.15, 0.2) is 0 Å². The van der Waals surface area contributed by atoms with Crippen LogP contribution in [0.1, 0.15) is 0 Å². The molecule has 0 aliphatic heterocycles. The average molecular weight is 213 g/mol. The molecule has 0 saturated carbocycles. The highest BCUT2D eigenvalue weighted by Gasteiger charge is 1.93. The smallest absolute Gasteiger partial charge is 0.137 e. The van der Waals surface area contributed by atoms with Crippen molar-refractivity contribution in [1.82, 2.24) is 0 Å². The number of quaternary nitrogens is 1. The first-order chi connectivity index (χ1) is 6.83. The van der Waals surface area contributed by atoms with Crippen molar-refractivity contribution in [3.63, 3.8) is 0 Å². The molecule has 0 unspecified atom stereocenters. The first kappa shape index (κ1) is 11.1. The Hall–Kier alpha value is -0.990. The number of ether oxygens (including phenoxy) is 1. The third kappa shape index (κ3) is 4.30. The number of halogens is 1. The highest BCUT2D eigenvalue weighted by Crippen LogP contribution is 2.14. The van der Waals surface area contributed by atoms with Gasteiger partial charge in [-0.3, -0.25) is 0 Å². The monoisotopic (exact) mass is 212 g/mol. The molecule has 0 saturated heterocycles. The minimum Gasteiger partial charge on any atom is -0.488 e. The highest BCUT2D eigenvalue weighted by atomic mass is 35.5. The summed E-state index contributed by atoms with van der Waals surface area (Å²) in [6, 6.07) is 7.39. The fraction of sp³-hybridized carbons (Fsp3) is 0.273.